The molecule has 1 atom stereocenters. The minimum atomic E-state index is -1.36. The molecule has 0 saturated carbocycles. The van der Waals surface area contributed by atoms with Crippen molar-refractivity contribution in [3.8, 4) is 0 Å². The van der Waals surface area contributed by atoms with Crippen LogP contribution in [0, 0.1) is 0 Å². The molecule has 0 unspecified atom stereocenters. The zero-order valence-corrected chi connectivity index (χ0v) is 11.7. The summed E-state index contributed by atoms with van der Waals surface area (Å²) in [6, 6.07) is 2.66. The Hall–Kier alpha value is -2.50. The molecule has 0 heterocycles. The Kier molecular flexibility index (Phi) is 5.78. The summed E-state index contributed by atoms with van der Waals surface area (Å²) in [5.41, 5.74) is 0.0221. The maximum absolute atomic E-state index is 12.1. The van der Waals surface area contributed by atoms with Gasteiger partial charge in [0.05, 0.1) is 5.69 Å². The molecule has 1 aromatic rings. The lowest BCUT2D eigenvalue weighted by Crippen LogP contribution is -2.41. The second kappa shape index (κ2) is 7.33. The minimum Gasteiger partial charge on any atom is -0.480 e. The molecule has 0 aromatic heterocycles. The molecule has 1 aromatic carbocycles. The zero-order chi connectivity index (χ0) is 16.0. The number of nitrogens with one attached hydrogen (secondary N) is 1. The molecule has 0 spiro atoms. The van der Waals surface area contributed by atoms with E-state index in [0.717, 1.165) is 6.92 Å². The molecule has 7 nitrogen and oxygen atoms in total. The first-order valence-electron chi connectivity index (χ1n) is 5.75. The topological polar surface area (TPSA) is 113 Å². The zero-order valence-electron chi connectivity index (χ0n) is 10.9. The number of hydrogen-bond donors (Lipinski definition) is 2. The molecule has 8 heteroatoms. The Morgan fingerprint density at radius 2 is 2.10 bits per heavy atom. The fourth-order valence-electron chi connectivity index (χ4n) is 1.62. The van der Waals surface area contributed by atoms with Gasteiger partial charge in [-0.3, -0.25) is 9.59 Å². The van der Waals surface area contributed by atoms with Crippen LogP contribution in [0.1, 0.15) is 23.7 Å². The molecule has 0 saturated heterocycles. The third kappa shape index (κ3) is 4.83. The van der Waals surface area contributed by atoms with E-state index < -0.39 is 30.1 Å². The number of isocyanates is 1. The van der Waals surface area contributed by atoms with Gasteiger partial charge >= 0.3 is 5.97 Å². The molecule has 1 amide bonds. The number of hydrogen-bond acceptors (Lipinski definition) is 5. The molecule has 21 heavy (non-hydrogen) atoms. The first kappa shape index (κ1) is 16.6. The monoisotopic (exact) mass is 310 g/mol. The van der Waals surface area contributed by atoms with Crippen LogP contribution in [0.15, 0.2) is 23.2 Å². The summed E-state index contributed by atoms with van der Waals surface area (Å²) >= 11 is 5.73. The summed E-state index contributed by atoms with van der Waals surface area (Å²) in [5.74, 6) is -2.51. The van der Waals surface area contributed by atoms with Gasteiger partial charge in [0.15, 0.2) is 5.78 Å². The lowest BCUT2D eigenvalue weighted by Gasteiger charge is -2.13. The molecule has 2 N–H and O–H groups in total. The van der Waals surface area contributed by atoms with Crippen molar-refractivity contribution in [1.82, 2.24) is 5.32 Å². The Labute approximate surface area is 124 Å². The third-order valence-electron chi connectivity index (χ3n) is 2.49. The minimum absolute atomic E-state index is 0.00513. The van der Waals surface area contributed by atoms with E-state index in [2.05, 4.69) is 10.3 Å². The SMILES string of the molecule is CC(=O)N[C@@H](CC(=O)c1ccc(Cl)cc1N=C=O)C(=O)O. The number of carboxylic acids is 1. The van der Waals surface area contributed by atoms with Crippen molar-refractivity contribution in [2.24, 2.45) is 4.99 Å². The lowest BCUT2D eigenvalue weighted by atomic mass is 10.0. The van der Waals surface area contributed by atoms with Gasteiger partial charge < -0.3 is 10.4 Å². The van der Waals surface area contributed by atoms with Gasteiger partial charge in [0, 0.05) is 23.9 Å². The van der Waals surface area contributed by atoms with E-state index in [1.165, 1.54) is 24.3 Å². The van der Waals surface area contributed by atoms with Crippen molar-refractivity contribution in [1.29, 1.82) is 0 Å². The van der Waals surface area contributed by atoms with Crippen molar-refractivity contribution in [3.05, 3.63) is 28.8 Å². The van der Waals surface area contributed by atoms with Crippen LogP contribution in [0.25, 0.3) is 0 Å². The number of nitrogens with zero attached hydrogens (tertiary/aromatic N) is 1. The van der Waals surface area contributed by atoms with Crippen LogP contribution in [0.3, 0.4) is 0 Å². The Bertz CT molecular complexity index is 637. The number of aliphatic imine (C=N–C) groups is 1. The summed E-state index contributed by atoms with van der Waals surface area (Å²) < 4.78 is 0. The van der Waals surface area contributed by atoms with Crippen molar-refractivity contribution < 1.29 is 24.3 Å². The standard InChI is InChI=1S/C13H11ClN2O5/c1-7(18)16-11(13(20)21)5-12(19)9-3-2-8(14)4-10(9)15-6-17/h2-4,11H,5H2,1H3,(H,16,18)(H,20,21)/t11-/m0/s1. The number of ketones is 1. The highest BCUT2D eigenvalue weighted by molar-refractivity contribution is 6.31. The van der Waals surface area contributed by atoms with Gasteiger partial charge in [-0.15, -0.1) is 0 Å². The number of benzene rings is 1. The lowest BCUT2D eigenvalue weighted by molar-refractivity contribution is -0.141. The molecule has 0 aliphatic heterocycles. The molecule has 110 valence electrons. The van der Waals surface area contributed by atoms with Crippen LogP contribution in [0.5, 0.6) is 0 Å². The van der Waals surface area contributed by atoms with Crippen molar-refractivity contribution in [3.63, 3.8) is 0 Å². The Balaban J connectivity index is 3.05. The highest BCUT2D eigenvalue weighted by Crippen LogP contribution is 2.25. The Morgan fingerprint density at radius 1 is 1.43 bits per heavy atom. The molecule has 0 aliphatic rings. The highest BCUT2D eigenvalue weighted by atomic mass is 35.5. The van der Waals surface area contributed by atoms with E-state index >= 15 is 0 Å². The maximum Gasteiger partial charge on any atom is 0.326 e. The van der Waals surface area contributed by atoms with Crippen molar-refractivity contribution in [2.75, 3.05) is 0 Å². The Morgan fingerprint density at radius 3 is 2.62 bits per heavy atom. The van der Waals surface area contributed by atoms with Crippen LogP contribution in [-0.4, -0.2) is 34.9 Å². The first-order chi connectivity index (χ1) is 9.85. The number of carbonyl (C=O) groups is 3. The number of Topliss-reactive ketones (excluding diaryl/α,β-unsaturated/α-hetero) is 1. The second-order valence-electron chi connectivity index (χ2n) is 4.08. The van der Waals surface area contributed by atoms with E-state index in [1.807, 2.05) is 0 Å². The molecular weight excluding hydrogens is 300 g/mol. The summed E-state index contributed by atoms with van der Waals surface area (Å²) in [6.07, 6.45) is 0.819. The smallest absolute Gasteiger partial charge is 0.326 e. The van der Waals surface area contributed by atoms with Gasteiger partial charge in [0.1, 0.15) is 6.04 Å². The average molecular weight is 311 g/mol. The van der Waals surface area contributed by atoms with E-state index in [0.29, 0.717) is 0 Å². The second-order valence-corrected chi connectivity index (χ2v) is 4.52. The van der Waals surface area contributed by atoms with Gasteiger partial charge in [-0.25, -0.2) is 9.59 Å². The molecule has 0 bridgehead atoms. The van der Waals surface area contributed by atoms with Gasteiger partial charge in [-0.1, -0.05) is 11.6 Å². The van der Waals surface area contributed by atoms with E-state index in [4.69, 9.17) is 16.7 Å². The number of aliphatic carboxylic acids is 1. The summed E-state index contributed by atoms with van der Waals surface area (Å²) in [5, 5.41) is 11.4. The predicted molar refractivity (Wildman–Crippen MR) is 73.4 cm³/mol. The maximum atomic E-state index is 12.1. The first-order valence-corrected chi connectivity index (χ1v) is 6.13. The molecule has 0 radical (unpaired) electrons. The fraction of sp³-hybridized carbons (Fsp3) is 0.231. The normalized spacial score (nSPS) is 11.1. The van der Waals surface area contributed by atoms with Crippen LogP contribution in [0.2, 0.25) is 5.02 Å². The molecular formula is C13H11ClN2O5. The van der Waals surface area contributed by atoms with Crippen molar-refractivity contribution >= 4 is 41.0 Å². The summed E-state index contributed by atoms with van der Waals surface area (Å²) in [7, 11) is 0. The number of halogens is 1. The van der Waals surface area contributed by atoms with Crippen LogP contribution in [0.4, 0.5) is 5.69 Å². The third-order valence-corrected chi connectivity index (χ3v) is 2.73. The molecule has 1 rings (SSSR count). The number of carboxylic acid groups (broad SMARTS) is 1. The summed E-state index contributed by atoms with van der Waals surface area (Å²) in [6.45, 7) is 1.14. The van der Waals surface area contributed by atoms with Crippen LogP contribution >= 0.6 is 11.6 Å². The molecule has 0 fully saturated rings. The fourth-order valence-corrected chi connectivity index (χ4v) is 1.79. The van der Waals surface area contributed by atoms with Crippen LogP contribution < -0.4 is 5.32 Å². The average Bonchev–Trinajstić information content (AvgIpc) is 2.37. The highest BCUT2D eigenvalue weighted by Gasteiger charge is 2.24. The van der Waals surface area contributed by atoms with Gasteiger partial charge in [0.2, 0.25) is 12.0 Å². The quantitative estimate of drug-likeness (QED) is 0.469. The summed E-state index contributed by atoms with van der Waals surface area (Å²) in [4.78, 5) is 47.7. The van der Waals surface area contributed by atoms with Gasteiger partial charge in [-0.2, -0.15) is 4.99 Å². The number of carbonyl (C=O) groups excluding carboxylic acids is 3. The van der Waals surface area contributed by atoms with Crippen LogP contribution in [-0.2, 0) is 14.4 Å². The molecule has 0 aliphatic carbocycles. The van der Waals surface area contributed by atoms with Gasteiger partial charge in [0.25, 0.3) is 0 Å². The van der Waals surface area contributed by atoms with Gasteiger partial charge in [-0.05, 0) is 18.2 Å². The largest absolute Gasteiger partial charge is 0.480 e. The van der Waals surface area contributed by atoms with E-state index in [9.17, 15) is 19.2 Å². The van der Waals surface area contributed by atoms with E-state index in [1.54, 1.807) is 0 Å². The number of rotatable bonds is 6. The predicted octanol–water partition coefficient (Wildman–Crippen LogP) is 1.47. The number of amides is 1. The van der Waals surface area contributed by atoms with Crippen molar-refractivity contribution in [2.45, 2.75) is 19.4 Å². The van der Waals surface area contributed by atoms with E-state index in [-0.39, 0.29) is 16.3 Å².